The van der Waals surface area contributed by atoms with E-state index in [4.69, 9.17) is 16.4 Å². The number of aromatic nitrogens is 2. The quantitative estimate of drug-likeness (QED) is 0.711. The van der Waals surface area contributed by atoms with Gasteiger partial charge in [0.2, 0.25) is 0 Å². The van der Waals surface area contributed by atoms with Crippen molar-refractivity contribution in [3.05, 3.63) is 82.4 Å². The number of carbonyl (C=O) groups excluding carboxylic acids is 1. The summed E-state index contributed by atoms with van der Waals surface area (Å²) >= 11 is 6.09. The number of hydrogen-bond acceptors (Lipinski definition) is 4. The minimum absolute atomic E-state index is 0.304. The Bertz CT molecular complexity index is 1060. The monoisotopic (exact) mass is 398 g/mol. The van der Waals surface area contributed by atoms with Crippen LogP contribution in [-0.4, -0.2) is 21.4 Å². The van der Waals surface area contributed by atoms with E-state index in [1.54, 1.807) is 49.5 Å². The molecule has 6 nitrogen and oxygen atoms in total. The predicted octanol–water partition coefficient (Wildman–Crippen LogP) is 4.33. The fraction of sp³-hybridized carbons (Fsp3) is 0.150. The zero-order valence-electron chi connectivity index (χ0n) is 14.9. The minimum Gasteiger partial charge on any atom is -0.387 e. The van der Waals surface area contributed by atoms with E-state index in [2.05, 4.69) is 15.6 Å². The number of anilines is 1. The Hall–Kier alpha value is -3.19. The van der Waals surface area contributed by atoms with E-state index in [0.29, 0.717) is 34.2 Å². The highest BCUT2D eigenvalue weighted by molar-refractivity contribution is 6.33. The largest absolute Gasteiger partial charge is 0.387 e. The van der Waals surface area contributed by atoms with Crippen LogP contribution in [0, 0.1) is 5.82 Å². The second-order valence-corrected chi connectivity index (χ2v) is 6.77. The lowest BCUT2D eigenvalue weighted by Crippen LogP contribution is -2.16. The molecule has 0 saturated heterocycles. The molecule has 1 aliphatic rings. The second-order valence-electron chi connectivity index (χ2n) is 6.36. The lowest BCUT2D eigenvalue weighted by atomic mass is 10.0. The van der Waals surface area contributed by atoms with Gasteiger partial charge in [-0.3, -0.25) is 9.48 Å². The molecule has 28 heavy (non-hydrogen) atoms. The molecule has 1 unspecified atom stereocenters. The topological polar surface area (TPSA) is 68.5 Å². The van der Waals surface area contributed by atoms with Crippen LogP contribution in [0.4, 0.5) is 10.1 Å². The van der Waals surface area contributed by atoms with Crippen LogP contribution in [0.3, 0.4) is 0 Å². The van der Waals surface area contributed by atoms with Crippen LogP contribution in [0.1, 0.15) is 34.3 Å². The summed E-state index contributed by atoms with van der Waals surface area (Å²) in [6.07, 6.45) is 0.173. The number of para-hydroxylation sites is 1. The Kier molecular flexibility index (Phi) is 4.83. The first-order valence-electron chi connectivity index (χ1n) is 8.59. The summed E-state index contributed by atoms with van der Waals surface area (Å²) < 4.78 is 14.6. The van der Waals surface area contributed by atoms with Gasteiger partial charge >= 0.3 is 0 Å². The van der Waals surface area contributed by atoms with Gasteiger partial charge < -0.3 is 10.2 Å². The number of nitrogens with one attached hydrogen (secondary N) is 1. The van der Waals surface area contributed by atoms with Crippen LogP contribution in [0.15, 0.2) is 59.8 Å². The lowest BCUT2D eigenvalue weighted by Gasteiger charge is -2.07. The van der Waals surface area contributed by atoms with E-state index in [-0.39, 0.29) is 17.8 Å². The van der Waals surface area contributed by atoms with Gasteiger partial charge in [0.15, 0.2) is 6.10 Å². The van der Waals surface area contributed by atoms with Crippen molar-refractivity contribution in [2.24, 2.45) is 12.2 Å². The fourth-order valence-corrected chi connectivity index (χ4v) is 3.14. The lowest BCUT2D eigenvalue weighted by molar-refractivity contribution is 0.0857. The summed E-state index contributed by atoms with van der Waals surface area (Å²) in [6, 6.07) is 14.8. The van der Waals surface area contributed by atoms with Gasteiger partial charge in [0, 0.05) is 13.5 Å². The van der Waals surface area contributed by atoms with Crippen LogP contribution in [0.25, 0.3) is 0 Å². The molecule has 0 saturated carbocycles. The fourth-order valence-electron chi connectivity index (χ4n) is 2.95. The molecular formula is C20H16ClFN4O2. The zero-order chi connectivity index (χ0) is 19.7. The number of carbonyl (C=O) groups is 1. The maximum absolute atomic E-state index is 13.1. The van der Waals surface area contributed by atoms with Gasteiger partial charge in [0.25, 0.3) is 5.91 Å². The van der Waals surface area contributed by atoms with Gasteiger partial charge in [0.05, 0.1) is 10.7 Å². The molecule has 1 aromatic heterocycles. The molecule has 142 valence electrons. The third-order valence-corrected chi connectivity index (χ3v) is 4.77. The third kappa shape index (κ3) is 3.61. The van der Waals surface area contributed by atoms with Crippen LogP contribution in [0.2, 0.25) is 5.02 Å². The highest BCUT2D eigenvalue weighted by atomic mass is 35.5. The van der Waals surface area contributed by atoms with Gasteiger partial charge in [0.1, 0.15) is 22.9 Å². The summed E-state index contributed by atoms with van der Waals surface area (Å²) in [6.45, 7) is 0. The third-order valence-electron chi connectivity index (χ3n) is 4.44. The number of aryl methyl sites for hydroxylation is 1. The first-order valence-corrected chi connectivity index (χ1v) is 8.97. The normalized spacial score (nSPS) is 15.8. The van der Waals surface area contributed by atoms with Crippen molar-refractivity contribution in [3.63, 3.8) is 0 Å². The van der Waals surface area contributed by atoms with E-state index in [1.165, 1.54) is 16.8 Å². The number of nitrogens with zero attached hydrogens (tertiary/aromatic N) is 3. The van der Waals surface area contributed by atoms with Crippen molar-refractivity contribution in [2.75, 3.05) is 5.32 Å². The molecule has 0 aliphatic carbocycles. The minimum atomic E-state index is -0.330. The number of hydrogen-bond donors (Lipinski definition) is 1. The summed E-state index contributed by atoms with van der Waals surface area (Å²) in [5.41, 5.74) is 2.89. The molecule has 1 amide bonds. The van der Waals surface area contributed by atoms with Crippen molar-refractivity contribution >= 4 is 28.9 Å². The van der Waals surface area contributed by atoms with Crippen LogP contribution in [-0.2, 0) is 11.9 Å². The Morgan fingerprint density at radius 3 is 2.75 bits per heavy atom. The summed E-state index contributed by atoms with van der Waals surface area (Å²) in [5.74, 6) is -0.634. The van der Waals surface area contributed by atoms with Crippen molar-refractivity contribution in [2.45, 2.75) is 12.5 Å². The maximum atomic E-state index is 13.1. The highest BCUT2D eigenvalue weighted by Crippen LogP contribution is 2.29. The molecule has 1 atom stereocenters. The van der Waals surface area contributed by atoms with Crippen molar-refractivity contribution < 1.29 is 14.0 Å². The second kappa shape index (κ2) is 7.44. The highest BCUT2D eigenvalue weighted by Gasteiger charge is 2.27. The predicted molar refractivity (Wildman–Crippen MR) is 104 cm³/mol. The average molecular weight is 399 g/mol. The molecule has 2 aromatic carbocycles. The van der Waals surface area contributed by atoms with Gasteiger partial charge in [-0.1, -0.05) is 41.0 Å². The van der Waals surface area contributed by atoms with Crippen LogP contribution in [0.5, 0.6) is 0 Å². The standard InChI is InChI=1S/C20H16ClFN4O2/c1-26-18(20(27)23-15-5-3-2-4-14(15)21)10-16(24-26)17-11-19(28-25-17)12-6-8-13(22)9-7-12/h2-10,19H,11H2,1H3,(H,23,27). The number of benzene rings is 2. The Balaban J connectivity index is 1.49. The summed E-state index contributed by atoms with van der Waals surface area (Å²) in [7, 11) is 1.68. The smallest absolute Gasteiger partial charge is 0.273 e. The maximum Gasteiger partial charge on any atom is 0.273 e. The van der Waals surface area contributed by atoms with Gasteiger partial charge in [-0.05, 0) is 35.9 Å². The molecule has 8 heteroatoms. The summed E-state index contributed by atoms with van der Waals surface area (Å²) in [4.78, 5) is 18.1. The molecular weight excluding hydrogens is 383 g/mol. The van der Waals surface area contributed by atoms with Crippen LogP contribution < -0.4 is 5.32 Å². The Morgan fingerprint density at radius 1 is 1.25 bits per heavy atom. The van der Waals surface area contributed by atoms with Crippen molar-refractivity contribution in [1.29, 1.82) is 0 Å². The van der Waals surface area contributed by atoms with Crippen molar-refractivity contribution in [1.82, 2.24) is 9.78 Å². The molecule has 2 heterocycles. The molecule has 3 aromatic rings. The van der Waals surface area contributed by atoms with Gasteiger partial charge in [-0.15, -0.1) is 0 Å². The van der Waals surface area contributed by atoms with Gasteiger partial charge in [-0.2, -0.15) is 5.10 Å². The molecule has 4 rings (SSSR count). The van der Waals surface area contributed by atoms with E-state index in [9.17, 15) is 9.18 Å². The molecule has 0 bridgehead atoms. The first-order chi connectivity index (χ1) is 13.5. The number of amides is 1. The van der Waals surface area contributed by atoms with E-state index >= 15 is 0 Å². The van der Waals surface area contributed by atoms with Crippen LogP contribution >= 0.6 is 11.6 Å². The summed E-state index contributed by atoms with van der Waals surface area (Å²) in [5, 5.41) is 11.7. The SMILES string of the molecule is Cn1nc(C2=NOC(c3ccc(F)cc3)C2)cc1C(=O)Nc1ccccc1Cl. The van der Waals surface area contributed by atoms with E-state index in [0.717, 1.165) is 5.56 Å². The Labute approximate surface area is 165 Å². The van der Waals surface area contributed by atoms with E-state index < -0.39 is 0 Å². The molecule has 1 aliphatic heterocycles. The van der Waals surface area contributed by atoms with Crippen molar-refractivity contribution in [3.8, 4) is 0 Å². The average Bonchev–Trinajstić information content (AvgIpc) is 3.31. The molecule has 0 spiro atoms. The first kappa shape index (κ1) is 18.2. The van der Waals surface area contributed by atoms with Gasteiger partial charge in [-0.25, -0.2) is 4.39 Å². The molecule has 1 N–H and O–H groups in total. The molecule has 0 radical (unpaired) electrons. The number of rotatable bonds is 4. The molecule has 0 fully saturated rings. The number of halogens is 2. The van der Waals surface area contributed by atoms with E-state index in [1.807, 2.05) is 0 Å². The zero-order valence-corrected chi connectivity index (χ0v) is 15.7. The Morgan fingerprint density at radius 2 is 2.00 bits per heavy atom. The number of oxime groups is 1.